The van der Waals surface area contributed by atoms with E-state index in [4.69, 9.17) is 5.73 Å². The predicted octanol–water partition coefficient (Wildman–Crippen LogP) is -0.753. The van der Waals surface area contributed by atoms with Gasteiger partial charge < -0.3 is 11.1 Å². The molecule has 0 unspecified atom stereocenters. The van der Waals surface area contributed by atoms with Gasteiger partial charge in [0, 0.05) is 13.1 Å². The molecule has 1 amide bonds. The van der Waals surface area contributed by atoms with Crippen LogP contribution in [0.3, 0.4) is 0 Å². The van der Waals surface area contributed by atoms with Gasteiger partial charge in [-0.1, -0.05) is 12.2 Å². The van der Waals surface area contributed by atoms with E-state index >= 15 is 0 Å². The highest BCUT2D eigenvalue weighted by Gasteiger charge is 1.69. The predicted molar refractivity (Wildman–Crippen MR) is 32.3 cm³/mol. The van der Waals surface area contributed by atoms with Crippen molar-refractivity contribution in [1.29, 1.82) is 0 Å². The smallest absolute Gasteiger partial charge is 0.207 e. The molecule has 3 N–H and O–H groups in total. The first-order chi connectivity index (χ1) is 3.91. The van der Waals surface area contributed by atoms with E-state index in [0.717, 1.165) is 0 Å². The van der Waals surface area contributed by atoms with E-state index in [1.54, 1.807) is 12.2 Å². The van der Waals surface area contributed by atoms with Crippen molar-refractivity contribution in [1.82, 2.24) is 5.32 Å². The number of rotatable bonds is 4. The summed E-state index contributed by atoms with van der Waals surface area (Å²) >= 11 is 0. The topological polar surface area (TPSA) is 55.1 Å². The van der Waals surface area contributed by atoms with E-state index < -0.39 is 0 Å². The first kappa shape index (κ1) is 7.17. The molecule has 3 nitrogen and oxygen atoms in total. The van der Waals surface area contributed by atoms with Crippen LogP contribution < -0.4 is 11.1 Å². The van der Waals surface area contributed by atoms with Crippen LogP contribution in [-0.2, 0) is 4.79 Å². The van der Waals surface area contributed by atoms with Gasteiger partial charge in [-0.2, -0.15) is 0 Å². The average Bonchev–Trinajstić information content (AvgIpc) is 1.81. The second kappa shape index (κ2) is 6.17. The highest BCUT2D eigenvalue weighted by Crippen LogP contribution is 1.62. The average molecular weight is 114 g/mol. The highest BCUT2D eigenvalue weighted by molar-refractivity contribution is 5.46. The maximum Gasteiger partial charge on any atom is 0.207 e. The van der Waals surface area contributed by atoms with Crippen molar-refractivity contribution in [3.8, 4) is 0 Å². The Balaban J connectivity index is 2.90. The third kappa shape index (κ3) is 5.17. The lowest BCUT2D eigenvalue weighted by Gasteiger charge is -1.85. The summed E-state index contributed by atoms with van der Waals surface area (Å²) in [5, 5.41) is 2.46. The van der Waals surface area contributed by atoms with E-state index in [9.17, 15) is 4.79 Å². The first-order valence-electron chi connectivity index (χ1n) is 2.44. The van der Waals surface area contributed by atoms with Crippen molar-refractivity contribution in [2.45, 2.75) is 0 Å². The van der Waals surface area contributed by atoms with Crippen molar-refractivity contribution >= 4 is 6.41 Å². The van der Waals surface area contributed by atoms with Crippen molar-refractivity contribution in [3.05, 3.63) is 12.2 Å². The van der Waals surface area contributed by atoms with Crippen LogP contribution in [0, 0.1) is 0 Å². The molecule has 0 bridgehead atoms. The molecule has 46 valence electrons. The zero-order chi connectivity index (χ0) is 6.24. The summed E-state index contributed by atoms with van der Waals surface area (Å²) in [7, 11) is 0. The molecule has 0 rings (SSSR count). The Kier molecular flexibility index (Phi) is 5.53. The standard InChI is InChI=1S/C5H10N2O/c6-3-1-2-4-7-5-8/h1-2,5H,3-4,6H2,(H,7,8). The largest absolute Gasteiger partial charge is 0.355 e. The summed E-state index contributed by atoms with van der Waals surface area (Å²) in [6.45, 7) is 1.10. The van der Waals surface area contributed by atoms with Gasteiger partial charge in [0.15, 0.2) is 0 Å². The molecular formula is C5H10N2O. The van der Waals surface area contributed by atoms with Gasteiger partial charge in [0.2, 0.25) is 6.41 Å². The van der Waals surface area contributed by atoms with E-state index in [0.29, 0.717) is 19.5 Å². The van der Waals surface area contributed by atoms with E-state index in [2.05, 4.69) is 5.32 Å². The van der Waals surface area contributed by atoms with Crippen molar-refractivity contribution < 1.29 is 4.79 Å². The summed E-state index contributed by atoms with van der Waals surface area (Å²) in [5.74, 6) is 0. The lowest BCUT2D eigenvalue weighted by molar-refractivity contribution is -0.109. The molecule has 0 aliphatic carbocycles. The molecule has 0 heterocycles. The molecule has 0 aliphatic rings. The maximum absolute atomic E-state index is 9.59. The first-order valence-corrected chi connectivity index (χ1v) is 2.44. The Morgan fingerprint density at radius 3 is 2.75 bits per heavy atom. The Labute approximate surface area is 48.6 Å². The van der Waals surface area contributed by atoms with Crippen LogP contribution in [0.25, 0.3) is 0 Å². The second-order valence-electron chi connectivity index (χ2n) is 1.23. The zero-order valence-electron chi connectivity index (χ0n) is 4.63. The van der Waals surface area contributed by atoms with Gasteiger partial charge in [-0.15, -0.1) is 0 Å². The molecule has 3 heteroatoms. The van der Waals surface area contributed by atoms with Crippen LogP contribution in [-0.4, -0.2) is 19.5 Å². The van der Waals surface area contributed by atoms with Gasteiger partial charge in [-0.05, 0) is 0 Å². The number of amides is 1. The van der Waals surface area contributed by atoms with Crippen LogP contribution in [0.4, 0.5) is 0 Å². The zero-order valence-corrected chi connectivity index (χ0v) is 4.63. The Morgan fingerprint density at radius 1 is 1.50 bits per heavy atom. The molecule has 0 aliphatic heterocycles. The number of hydrogen-bond donors (Lipinski definition) is 2. The molecule has 0 fully saturated rings. The summed E-state index contributed by atoms with van der Waals surface area (Å²) in [4.78, 5) is 9.59. The molecule has 0 radical (unpaired) electrons. The van der Waals surface area contributed by atoms with Gasteiger partial charge in [0.1, 0.15) is 0 Å². The number of nitrogens with one attached hydrogen (secondary N) is 1. The fourth-order valence-corrected chi connectivity index (χ4v) is 0.296. The van der Waals surface area contributed by atoms with Crippen molar-refractivity contribution in [2.75, 3.05) is 13.1 Å². The quantitative estimate of drug-likeness (QED) is 0.287. The van der Waals surface area contributed by atoms with Gasteiger partial charge in [0.05, 0.1) is 0 Å². The van der Waals surface area contributed by atoms with Crippen molar-refractivity contribution in [2.24, 2.45) is 5.73 Å². The van der Waals surface area contributed by atoms with Gasteiger partial charge in [0.25, 0.3) is 0 Å². The third-order valence-electron chi connectivity index (χ3n) is 0.622. The van der Waals surface area contributed by atoms with E-state index in [1.165, 1.54) is 0 Å². The van der Waals surface area contributed by atoms with E-state index in [1.807, 2.05) is 0 Å². The summed E-state index contributed by atoms with van der Waals surface area (Å²) in [5.41, 5.74) is 5.11. The highest BCUT2D eigenvalue weighted by atomic mass is 16.1. The number of hydrogen-bond acceptors (Lipinski definition) is 2. The van der Waals surface area contributed by atoms with Gasteiger partial charge >= 0.3 is 0 Å². The Bertz CT molecular complexity index is 80.5. The van der Waals surface area contributed by atoms with Gasteiger partial charge in [-0.3, -0.25) is 4.79 Å². The number of carbonyl (C=O) groups excluding carboxylic acids is 1. The molecule has 0 aromatic heterocycles. The van der Waals surface area contributed by atoms with Crippen LogP contribution in [0.2, 0.25) is 0 Å². The minimum Gasteiger partial charge on any atom is -0.355 e. The summed E-state index contributed by atoms with van der Waals surface area (Å²) in [6.07, 6.45) is 4.24. The van der Waals surface area contributed by atoms with Crippen LogP contribution >= 0.6 is 0 Å². The SMILES string of the molecule is NCC=CCNC=O. The minimum absolute atomic E-state index is 0.528. The summed E-state index contributed by atoms with van der Waals surface area (Å²) < 4.78 is 0. The summed E-state index contributed by atoms with van der Waals surface area (Å²) in [6, 6.07) is 0. The fourth-order valence-electron chi connectivity index (χ4n) is 0.296. The Morgan fingerprint density at radius 2 is 2.25 bits per heavy atom. The normalized spacial score (nSPS) is 9.62. The third-order valence-corrected chi connectivity index (χ3v) is 0.622. The molecular weight excluding hydrogens is 104 g/mol. The molecule has 0 saturated heterocycles. The second-order valence-corrected chi connectivity index (χ2v) is 1.23. The molecule has 0 aromatic rings. The molecule has 0 atom stereocenters. The molecule has 0 spiro atoms. The van der Waals surface area contributed by atoms with Crippen molar-refractivity contribution in [3.63, 3.8) is 0 Å². The Hall–Kier alpha value is -0.830. The molecule has 8 heavy (non-hydrogen) atoms. The lowest BCUT2D eigenvalue weighted by Crippen LogP contribution is -2.09. The minimum atomic E-state index is 0.528. The lowest BCUT2D eigenvalue weighted by atomic mass is 10.5. The number of nitrogens with two attached hydrogens (primary N) is 1. The van der Waals surface area contributed by atoms with Crippen LogP contribution in [0.5, 0.6) is 0 Å². The van der Waals surface area contributed by atoms with Gasteiger partial charge in [-0.25, -0.2) is 0 Å². The molecule has 0 aromatic carbocycles. The van der Waals surface area contributed by atoms with E-state index in [-0.39, 0.29) is 0 Å². The van der Waals surface area contributed by atoms with Crippen LogP contribution in [0.1, 0.15) is 0 Å². The van der Waals surface area contributed by atoms with Crippen LogP contribution in [0.15, 0.2) is 12.2 Å². The number of carbonyl (C=O) groups is 1. The molecule has 0 saturated carbocycles. The maximum atomic E-state index is 9.59. The fraction of sp³-hybridized carbons (Fsp3) is 0.400. The monoisotopic (exact) mass is 114 g/mol.